The van der Waals surface area contributed by atoms with Crippen molar-refractivity contribution in [1.29, 1.82) is 0 Å². The SMILES string of the molecule is CNCc1cc(N(C)Cc2ccc(Cl)cc2)ccn1. The van der Waals surface area contributed by atoms with Crippen LogP contribution in [0.1, 0.15) is 11.3 Å². The first-order valence-corrected chi connectivity index (χ1v) is 6.62. The molecule has 4 heteroatoms. The normalized spacial score (nSPS) is 10.5. The Morgan fingerprint density at radius 1 is 1.21 bits per heavy atom. The van der Waals surface area contributed by atoms with Crippen molar-refractivity contribution in [2.24, 2.45) is 0 Å². The molecule has 1 aromatic carbocycles. The van der Waals surface area contributed by atoms with E-state index in [4.69, 9.17) is 11.6 Å². The molecule has 1 heterocycles. The molecule has 1 N–H and O–H groups in total. The highest BCUT2D eigenvalue weighted by Crippen LogP contribution is 2.17. The third kappa shape index (κ3) is 3.94. The molecular formula is C15H18ClN3. The van der Waals surface area contributed by atoms with Crippen molar-refractivity contribution in [3.63, 3.8) is 0 Å². The molecule has 0 bridgehead atoms. The van der Waals surface area contributed by atoms with Gasteiger partial charge in [-0.3, -0.25) is 4.98 Å². The van der Waals surface area contributed by atoms with Crippen molar-refractivity contribution in [2.75, 3.05) is 19.0 Å². The van der Waals surface area contributed by atoms with Crippen LogP contribution < -0.4 is 10.2 Å². The van der Waals surface area contributed by atoms with E-state index < -0.39 is 0 Å². The van der Waals surface area contributed by atoms with Crippen LogP contribution in [0.3, 0.4) is 0 Å². The number of pyridine rings is 1. The molecule has 0 aliphatic carbocycles. The predicted molar refractivity (Wildman–Crippen MR) is 80.6 cm³/mol. The second kappa shape index (κ2) is 6.55. The van der Waals surface area contributed by atoms with Gasteiger partial charge in [-0.25, -0.2) is 0 Å². The lowest BCUT2D eigenvalue weighted by molar-refractivity contribution is 0.788. The van der Waals surface area contributed by atoms with Gasteiger partial charge in [-0.05, 0) is 36.9 Å². The molecule has 0 radical (unpaired) electrons. The highest BCUT2D eigenvalue weighted by atomic mass is 35.5. The molecule has 100 valence electrons. The lowest BCUT2D eigenvalue weighted by atomic mass is 10.2. The third-order valence-corrected chi connectivity index (χ3v) is 3.18. The first-order chi connectivity index (χ1) is 9.19. The number of anilines is 1. The summed E-state index contributed by atoms with van der Waals surface area (Å²) in [5.74, 6) is 0. The Hall–Kier alpha value is -1.58. The van der Waals surface area contributed by atoms with E-state index in [9.17, 15) is 0 Å². The summed E-state index contributed by atoms with van der Waals surface area (Å²) in [6, 6.07) is 12.1. The first-order valence-electron chi connectivity index (χ1n) is 6.24. The standard InChI is InChI=1S/C15H18ClN3/c1-17-10-14-9-15(7-8-18-14)19(2)11-12-3-5-13(16)6-4-12/h3-9,17H,10-11H2,1-2H3. The van der Waals surface area contributed by atoms with Crippen LogP contribution in [0.25, 0.3) is 0 Å². The van der Waals surface area contributed by atoms with Gasteiger partial charge in [0.15, 0.2) is 0 Å². The lowest BCUT2D eigenvalue weighted by Crippen LogP contribution is -2.17. The van der Waals surface area contributed by atoms with E-state index >= 15 is 0 Å². The predicted octanol–water partition coefficient (Wildman–Crippen LogP) is 3.09. The second-order valence-corrected chi connectivity index (χ2v) is 4.95. The average Bonchev–Trinajstić information content (AvgIpc) is 2.42. The van der Waals surface area contributed by atoms with E-state index in [0.717, 1.165) is 29.5 Å². The summed E-state index contributed by atoms with van der Waals surface area (Å²) in [7, 11) is 4.00. The van der Waals surface area contributed by atoms with Gasteiger partial charge in [0.25, 0.3) is 0 Å². The molecule has 0 saturated carbocycles. The van der Waals surface area contributed by atoms with Crippen LogP contribution in [0, 0.1) is 0 Å². The van der Waals surface area contributed by atoms with Gasteiger partial charge in [0, 0.05) is 37.0 Å². The molecule has 0 spiro atoms. The van der Waals surface area contributed by atoms with Crippen LogP contribution in [0.2, 0.25) is 5.02 Å². The number of nitrogens with zero attached hydrogens (tertiary/aromatic N) is 2. The maximum Gasteiger partial charge on any atom is 0.0562 e. The molecule has 0 saturated heterocycles. The molecule has 0 amide bonds. The molecule has 0 aliphatic heterocycles. The number of hydrogen-bond donors (Lipinski definition) is 1. The summed E-state index contributed by atoms with van der Waals surface area (Å²) < 4.78 is 0. The largest absolute Gasteiger partial charge is 0.370 e. The van der Waals surface area contributed by atoms with E-state index in [1.807, 2.05) is 31.4 Å². The van der Waals surface area contributed by atoms with Crippen molar-refractivity contribution >= 4 is 17.3 Å². The van der Waals surface area contributed by atoms with Gasteiger partial charge in [0.05, 0.1) is 5.69 Å². The summed E-state index contributed by atoms with van der Waals surface area (Å²) in [5, 5.41) is 3.88. The molecule has 0 aliphatic rings. The molecule has 2 aromatic rings. The summed E-state index contributed by atoms with van der Waals surface area (Å²) in [4.78, 5) is 6.52. The fourth-order valence-electron chi connectivity index (χ4n) is 1.94. The van der Waals surface area contributed by atoms with Gasteiger partial charge in [0.2, 0.25) is 0 Å². The third-order valence-electron chi connectivity index (χ3n) is 2.93. The molecule has 19 heavy (non-hydrogen) atoms. The minimum absolute atomic E-state index is 0.770. The highest BCUT2D eigenvalue weighted by Gasteiger charge is 2.04. The van der Waals surface area contributed by atoms with Crippen molar-refractivity contribution in [1.82, 2.24) is 10.3 Å². The second-order valence-electron chi connectivity index (χ2n) is 4.52. The van der Waals surface area contributed by atoms with Crippen LogP contribution in [0.15, 0.2) is 42.6 Å². The lowest BCUT2D eigenvalue weighted by Gasteiger charge is -2.20. The summed E-state index contributed by atoms with van der Waals surface area (Å²) in [6.07, 6.45) is 1.85. The Bertz CT molecular complexity index is 525. The van der Waals surface area contributed by atoms with Crippen LogP contribution in [-0.4, -0.2) is 19.1 Å². The zero-order valence-corrected chi connectivity index (χ0v) is 12.0. The number of halogens is 1. The molecule has 1 aromatic heterocycles. The molecular weight excluding hydrogens is 258 g/mol. The monoisotopic (exact) mass is 275 g/mol. The van der Waals surface area contributed by atoms with Crippen LogP contribution >= 0.6 is 11.6 Å². The minimum atomic E-state index is 0.770. The van der Waals surface area contributed by atoms with Crippen LogP contribution in [0.5, 0.6) is 0 Å². The number of benzene rings is 1. The zero-order valence-electron chi connectivity index (χ0n) is 11.2. The van der Waals surface area contributed by atoms with E-state index in [2.05, 4.69) is 40.4 Å². The zero-order chi connectivity index (χ0) is 13.7. The van der Waals surface area contributed by atoms with Crippen molar-refractivity contribution in [3.05, 3.63) is 58.9 Å². The van der Waals surface area contributed by atoms with Crippen LogP contribution in [0.4, 0.5) is 5.69 Å². The molecule has 0 fully saturated rings. The molecule has 3 nitrogen and oxygen atoms in total. The fraction of sp³-hybridized carbons (Fsp3) is 0.267. The van der Waals surface area contributed by atoms with Gasteiger partial charge in [-0.1, -0.05) is 23.7 Å². The van der Waals surface area contributed by atoms with Crippen molar-refractivity contribution < 1.29 is 0 Å². The van der Waals surface area contributed by atoms with E-state index in [-0.39, 0.29) is 0 Å². The first kappa shape index (κ1) is 13.8. The van der Waals surface area contributed by atoms with Crippen molar-refractivity contribution in [3.8, 4) is 0 Å². The quantitative estimate of drug-likeness (QED) is 0.909. The van der Waals surface area contributed by atoms with Gasteiger partial charge in [0.1, 0.15) is 0 Å². The summed E-state index contributed by atoms with van der Waals surface area (Å²) >= 11 is 5.89. The van der Waals surface area contributed by atoms with E-state index in [0.29, 0.717) is 0 Å². The van der Waals surface area contributed by atoms with Crippen molar-refractivity contribution in [2.45, 2.75) is 13.1 Å². The van der Waals surface area contributed by atoms with Gasteiger partial charge >= 0.3 is 0 Å². The van der Waals surface area contributed by atoms with Gasteiger partial charge < -0.3 is 10.2 Å². The Balaban J connectivity index is 2.08. The number of nitrogens with one attached hydrogen (secondary N) is 1. The Kier molecular flexibility index (Phi) is 4.77. The molecule has 0 unspecified atom stereocenters. The van der Waals surface area contributed by atoms with E-state index in [1.54, 1.807) is 0 Å². The summed E-state index contributed by atoms with van der Waals surface area (Å²) in [5.41, 5.74) is 3.44. The topological polar surface area (TPSA) is 28.2 Å². The average molecular weight is 276 g/mol. The maximum absolute atomic E-state index is 5.89. The smallest absolute Gasteiger partial charge is 0.0562 e. The minimum Gasteiger partial charge on any atom is -0.370 e. The number of rotatable bonds is 5. The maximum atomic E-state index is 5.89. The van der Waals surface area contributed by atoms with Gasteiger partial charge in [-0.15, -0.1) is 0 Å². The Morgan fingerprint density at radius 2 is 1.95 bits per heavy atom. The Labute approximate surface area is 119 Å². The molecule has 2 rings (SSSR count). The summed E-state index contributed by atoms with van der Waals surface area (Å²) in [6.45, 7) is 1.63. The number of hydrogen-bond acceptors (Lipinski definition) is 3. The van der Waals surface area contributed by atoms with Crippen LogP contribution in [-0.2, 0) is 13.1 Å². The fourth-order valence-corrected chi connectivity index (χ4v) is 2.06. The Morgan fingerprint density at radius 3 is 2.63 bits per heavy atom. The number of aromatic nitrogens is 1. The highest BCUT2D eigenvalue weighted by molar-refractivity contribution is 6.30. The molecule has 0 atom stereocenters. The van der Waals surface area contributed by atoms with E-state index in [1.165, 1.54) is 5.56 Å². The van der Waals surface area contributed by atoms with Gasteiger partial charge in [-0.2, -0.15) is 0 Å².